The van der Waals surface area contributed by atoms with E-state index in [9.17, 15) is 4.79 Å². The van der Waals surface area contributed by atoms with Gasteiger partial charge in [0.25, 0.3) is 5.91 Å². The van der Waals surface area contributed by atoms with Gasteiger partial charge in [-0.05, 0) is 87.3 Å². The quantitative estimate of drug-likeness (QED) is 0.472. The van der Waals surface area contributed by atoms with Gasteiger partial charge in [0.1, 0.15) is 17.8 Å². The minimum atomic E-state index is -0.463. The average Bonchev–Trinajstić information content (AvgIpc) is 3.62. The summed E-state index contributed by atoms with van der Waals surface area (Å²) in [5.41, 5.74) is 10.4. The number of anilines is 1. The molecule has 6 rings (SSSR count). The van der Waals surface area contributed by atoms with Gasteiger partial charge >= 0.3 is 0 Å². The Balaban J connectivity index is 1.39. The number of aromatic nitrogens is 4. The highest BCUT2D eigenvalue weighted by molar-refractivity contribution is 5.91. The minimum absolute atomic E-state index is 0.0567. The first kappa shape index (κ1) is 24.1. The van der Waals surface area contributed by atoms with Crippen LogP contribution in [0.1, 0.15) is 90.9 Å². The van der Waals surface area contributed by atoms with Gasteiger partial charge in [-0.3, -0.25) is 4.79 Å². The first-order valence-corrected chi connectivity index (χ1v) is 13.4. The molecule has 0 saturated heterocycles. The molecule has 3 fully saturated rings. The van der Waals surface area contributed by atoms with Crippen LogP contribution in [0.4, 0.5) is 5.69 Å². The van der Waals surface area contributed by atoms with Crippen molar-refractivity contribution in [3.63, 3.8) is 0 Å². The summed E-state index contributed by atoms with van der Waals surface area (Å²) in [5.74, 6) is 0.969. The number of hydrogen-bond acceptors (Lipinski definition) is 6. The van der Waals surface area contributed by atoms with Gasteiger partial charge in [0.15, 0.2) is 0 Å². The first-order chi connectivity index (χ1) is 17.8. The third kappa shape index (κ3) is 4.21. The second-order valence-electron chi connectivity index (χ2n) is 11.5. The number of aryl methyl sites for hydroxylation is 1. The van der Waals surface area contributed by atoms with Crippen LogP contribution in [0.3, 0.4) is 0 Å². The molecular weight excluding hydrogens is 464 g/mol. The van der Waals surface area contributed by atoms with E-state index in [-0.39, 0.29) is 17.1 Å². The maximum absolute atomic E-state index is 12.1. The van der Waals surface area contributed by atoms with Crippen LogP contribution in [0.5, 0.6) is 0 Å². The zero-order valence-electron chi connectivity index (χ0n) is 22.0. The van der Waals surface area contributed by atoms with Crippen LogP contribution in [0.25, 0.3) is 0 Å². The van der Waals surface area contributed by atoms with Gasteiger partial charge in [0.2, 0.25) is 0 Å². The fraction of sp³-hybridized carbons (Fsp3) is 0.517. The summed E-state index contributed by atoms with van der Waals surface area (Å²) in [7, 11) is 3.80. The number of pyridine rings is 1. The zero-order valence-corrected chi connectivity index (χ0v) is 22.0. The highest BCUT2D eigenvalue weighted by atomic mass is 16.5. The average molecular weight is 501 g/mol. The zero-order chi connectivity index (χ0) is 25.8. The molecule has 3 aliphatic carbocycles. The topological polar surface area (TPSA) is 99.2 Å². The molecule has 194 valence electrons. The molecule has 37 heavy (non-hydrogen) atoms. The minimum Gasteiger partial charge on any atom is -0.381 e. The Kier molecular flexibility index (Phi) is 5.82. The molecule has 2 N–H and O–H groups in total. The number of carbonyl (C=O) groups excluding carboxylic acids is 1. The van der Waals surface area contributed by atoms with Gasteiger partial charge in [-0.2, -0.15) is 0 Å². The maximum Gasteiger partial charge on any atom is 0.267 e. The molecule has 0 bridgehead atoms. The van der Waals surface area contributed by atoms with E-state index in [4.69, 9.17) is 10.5 Å². The third-order valence-corrected chi connectivity index (χ3v) is 8.91. The molecule has 0 spiro atoms. The fourth-order valence-electron chi connectivity index (χ4n) is 6.27. The van der Waals surface area contributed by atoms with E-state index in [1.807, 2.05) is 17.7 Å². The van der Waals surface area contributed by atoms with Crippen molar-refractivity contribution in [3.05, 3.63) is 71.1 Å². The summed E-state index contributed by atoms with van der Waals surface area (Å²) in [6, 6.07) is 13.0. The van der Waals surface area contributed by atoms with Crippen LogP contribution in [0.2, 0.25) is 0 Å². The smallest absolute Gasteiger partial charge is 0.267 e. The van der Waals surface area contributed by atoms with Crippen molar-refractivity contribution in [2.45, 2.75) is 81.4 Å². The Morgan fingerprint density at radius 3 is 2.59 bits per heavy atom. The van der Waals surface area contributed by atoms with Gasteiger partial charge in [-0.1, -0.05) is 12.1 Å². The summed E-state index contributed by atoms with van der Waals surface area (Å²) < 4.78 is 7.73. The molecule has 0 radical (unpaired) electrons. The van der Waals surface area contributed by atoms with E-state index in [1.165, 1.54) is 17.7 Å². The Morgan fingerprint density at radius 1 is 1.22 bits per heavy atom. The van der Waals surface area contributed by atoms with Gasteiger partial charge < -0.3 is 19.9 Å². The van der Waals surface area contributed by atoms with Crippen molar-refractivity contribution in [2.24, 2.45) is 12.8 Å². The second-order valence-corrected chi connectivity index (χ2v) is 11.5. The monoisotopic (exact) mass is 500 g/mol. The largest absolute Gasteiger partial charge is 0.381 e. The maximum atomic E-state index is 12.1. The number of carbonyl (C=O) groups is 1. The van der Waals surface area contributed by atoms with Crippen LogP contribution in [-0.2, 0) is 23.7 Å². The number of amides is 1. The van der Waals surface area contributed by atoms with Gasteiger partial charge in [-0.25, -0.2) is 4.98 Å². The predicted molar refractivity (Wildman–Crippen MR) is 141 cm³/mol. The molecule has 3 saturated carbocycles. The third-order valence-electron chi connectivity index (χ3n) is 8.91. The molecule has 8 heteroatoms. The number of ether oxygens (including phenoxy) is 1. The summed E-state index contributed by atoms with van der Waals surface area (Å²) in [6.07, 6.45) is 9.52. The lowest BCUT2D eigenvalue weighted by Gasteiger charge is -2.50. The number of methoxy groups -OCH3 is 1. The number of hydrogen-bond donors (Lipinski definition) is 1. The Hall–Kier alpha value is -3.26. The molecule has 8 nitrogen and oxygen atoms in total. The van der Waals surface area contributed by atoms with Crippen molar-refractivity contribution in [2.75, 3.05) is 12.0 Å². The molecule has 2 aromatic heterocycles. The first-order valence-electron chi connectivity index (χ1n) is 13.4. The van der Waals surface area contributed by atoms with Crippen molar-refractivity contribution >= 4 is 11.6 Å². The van der Waals surface area contributed by atoms with E-state index >= 15 is 0 Å². The number of benzene rings is 1. The number of rotatable bonds is 9. The van der Waals surface area contributed by atoms with Crippen molar-refractivity contribution in [3.8, 4) is 0 Å². The van der Waals surface area contributed by atoms with Crippen molar-refractivity contribution < 1.29 is 9.53 Å². The summed E-state index contributed by atoms with van der Waals surface area (Å²) >= 11 is 0. The molecule has 1 amide bonds. The SMILES string of the molecule is COC1CC(c2cccc(N(Cc3cc(C(N)=O)nc(C4CC4)c3)C3(C)CCC3)c2)(c2nncn2C)C1. The van der Waals surface area contributed by atoms with Gasteiger partial charge in [0, 0.05) is 43.5 Å². The van der Waals surface area contributed by atoms with E-state index < -0.39 is 5.91 Å². The van der Waals surface area contributed by atoms with E-state index in [0.717, 1.165) is 55.6 Å². The lowest BCUT2D eigenvalue weighted by atomic mass is 9.62. The van der Waals surface area contributed by atoms with Gasteiger partial charge in [-0.15, -0.1) is 10.2 Å². The van der Waals surface area contributed by atoms with E-state index in [2.05, 4.69) is 57.3 Å². The van der Waals surface area contributed by atoms with Crippen LogP contribution < -0.4 is 10.6 Å². The summed E-state index contributed by atoms with van der Waals surface area (Å²) in [6.45, 7) is 3.06. The molecule has 2 heterocycles. The van der Waals surface area contributed by atoms with E-state index in [1.54, 1.807) is 13.4 Å². The van der Waals surface area contributed by atoms with Crippen LogP contribution >= 0.6 is 0 Å². The molecule has 1 aromatic carbocycles. The van der Waals surface area contributed by atoms with E-state index in [0.29, 0.717) is 18.2 Å². The van der Waals surface area contributed by atoms with Gasteiger partial charge in [0.05, 0.1) is 11.5 Å². The normalized spacial score (nSPS) is 24.2. The van der Waals surface area contributed by atoms with Crippen LogP contribution in [0, 0.1) is 0 Å². The summed E-state index contributed by atoms with van der Waals surface area (Å²) in [4.78, 5) is 19.2. The Bertz CT molecular complexity index is 1320. The number of nitrogens with zero attached hydrogens (tertiary/aromatic N) is 5. The highest BCUT2D eigenvalue weighted by Crippen LogP contribution is 2.51. The lowest BCUT2D eigenvalue weighted by molar-refractivity contribution is -0.00696. The second kappa shape index (κ2) is 8.94. The molecule has 0 atom stereocenters. The molecule has 0 aliphatic heterocycles. The lowest BCUT2D eigenvalue weighted by Crippen LogP contribution is -2.51. The van der Waals surface area contributed by atoms with Crippen LogP contribution in [-0.4, -0.2) is 44.4 Å². The molecule has 0 unspecified atom stereocenters. The van der Waals surface area contributed by atoms with Crippen LogP contribution in [0.15, 0.2) is 42.7 Å². The predicted octanol–water partition coefficient (Wildman–Crippen LogP) is 4.23. The molecule has 3 aliphatic rings. The highest BCUT2D eigenvalue weighted by Gasteiger charge is 2.50. The Morgan fingerprint density at radius 2 is 2.00 bits per heavy atom. The number of nitrogens with two attached hydrogens (primary N) is 1. The van der Waals surface area contributed by atoms with Crippen molar-refractivity contribution in [1.82, 2.24) is 19.7 Å². The Labute approximate surface area is 218 Å². The molecule has 3 aromatic rings. The van der Waals surface area contributed by atoms with Crippen molar-refractivity contribution in [1.29, 1.82) is 0 Å². The fourth-order valence-corrected chi connectivity index (χ4v) is 6.27. The number of primary amides is 1. The standard InChI is InChI=1S/C29H36N6O2/c1-28(10-5-11-28)35(17-19-12-24(20-8-9-20)32-25(13-19)26(30)36)22-7-4-6-21(14-22)29(15-23(16-29)37-3)27-33-31-18-34(27)2/h4,6-7,12-14,18,20,23H,5,8-11,15-17H2,1-3H3,(H2,30,36). The summed E-state index contributed by atoms with van der Waals surface area (Å²) in [5, 5.41) is 8.71. The molecular formula is C29H36N6O2.